The Morgan fingerprint density at radius 3 is 2.62 bits per heavy atom. The van der Waals surface area contributed by atoms with Crippen LogP contribution in [0.25, 0.3) is 0 Å². The van der Waals surface area contributed by atoms with E-state index in [0.717, 1.165) is 21.4 Å². The molecule has 0 spiro atoms. The molecule has 0 radical (unpaired) electrons. The quantitative estimate of drug-likeness (QED) is 0.696. The second-order valence-electron chi connectivity index (χ2n) is 4.72. The Hall–Kier alpha value is -1.20. The minimum Gasteiger partial charge on any atom is -0.486 e. The first-order chi connectivity index (χ1) is 11.4. The van der Waals surface area contributed by atoms with E-state index in [2.05, 4.69) is 31.4 Å². The molecule has 3 rings (SSSR count). The van der Waals surface area contributed by atoms with Gasteiger partial charge in [0.05, 0.1) is 0 Å². The van der Waals surface area contributed by atoms with Gasteiger partial charge in [0.1, 0.15) is 19.8 Å². The number of fused-ring (bicyclic) bond motifs is 1. The zero-order valence-electron chi connectivity index (χ0n) is 12.0. The molecule has 0 saturated heterocycles. The topological polar surface area (TPSA) is 56.3 Å². The second-order valence-corrected chi connectivity index (χ2v) is 7.77. The number of thioether (sulfide) groups is 1. The van der Waals surface area contributed by atoms with Gasteiger partial charge < -0.3 is 14.8 Å². The van der Waals surface area contributed by atoms with Crippen molar-refractivity contribution in [2.24, 2.45) is 0 Å². The summed E-state index contributed by atoms with van der Waals surface area (Å²) in [4.78, 5) is 0. The fourth-order valence-corrected chi connectivity index (χ4v) is 4.26. The van der Waals surface area contributed by atoms with E-state index in [1.54, 1.807) is 0 Å². The normalized spacial score (nSPS) is 13.8. The number of nitrogens with one attached hydrogen (secondary N) is 1. The number of halogens is 4. The van der Waals surface area contributed by atoms with E-state index < -0.39 is 12.7 Å². The van der Waals surface area contributed by atoms with Crippen LogP contribution in [-0.4, -0.2) is 36.1 Å². The van der Waals surface area contributed by atoms with Gasteiger partial charge in [0.25, 0.3) is 0 Å². The van der Waals surface area contributed by atoms with E-state index in [1.807, 2.05) is 12.1 Å². The Balaban J connectivity index is 1.61. The first-order valence-electron chi connectivity index (χ1n) is 6.76. The molecule has 130 valence electrons. The monoisotopic (exact) mass is 441 g/mol. The molecule has 1 aromatic heterocycles. The van der Waals surface area contributed by atoms with Crippen molar-refractivity contribution in [1.29, 1.82) is 0 Å². The minimum absolute atomic E-state index is 0.149. The van der Waals surface area contributed by atoms with Crippen molar-refractivity contribution in [3.05, 3.63) is 22.2 Å². The summed E-state index contributed by atoms with van der Waals surface area (Å²) in [5.41, 5.74) is 0.976. The molecular weight excluding hydrogens is 431 g/mol. The van der Waals surface area contributed by atoms with Gasteiger partial charge >= 0.3 is 6.18 Å². The summed E-state index contributed by atoms with van der Waals surface area (Å²) in [7, 11) is 0. The molecule has 5 nitrogen and oxygen atoms in total. The van der Waals surface area contributed by atoms with Gasteiger partial charge in [-0.05, 0) is 17.7 Å². The highest BCUT2D eigenvalue weighted by Crippen LogP contribution is 2.38. The van der Waals surface area contributed by atoms with E-state index in [9.17, 15) is 13.2 Å². The average Bonchev–Trinajstić information content (AvgIpc) is 2.98. The fraction of sp³-hybridized carbons (Fsp3) is 0.385. The maximum atomic E-state index is 12.2. The summed E-state index contributed by atoms with van der Waals surface area (Å²) in [6.45, 7) is -0.0993. The van der Waals surface area contributed by atoms with Crippen molar-refractivity contribution < 1.29 is 22.6 Å². The Bertz CT molecular complexity index is 727. The molecular formula is C13H11BrF3N3O2S2. The molecule has 2 heterocycles. The van der Waals surface area contributed by atoms with Crippen molar-refractivity contribution in [2.45, 2.75) is 16.3 Å². The number of nitrogens with zero attached hydrogens (tertiary/aromatic N) is 2. The average molecular weight is 442 g/mol. The van der Waals surface area contributed by atoms with Gasteiger partial charge in [0.15, 0.2) is 15.8 Å². The highest BCUT2D eigenvalue weighted by Gasteiger charge is 2.27. The fourth-order valence-electron chi connectivity index (χ4n) is 1.87. The Labute approximate surface area is 152 Å². The van der Waals surface area contributed by atoms with Crippen LogP contribution in [0.5, 0.6) is 11.5 Å². The van der Waals surface area contributed by atoms with Crippen LogP contribution < -0.4 is 14.8 Å². The highest BCUT2D eigenvalue weighted by molar-refractivity contribution is 9.10. The van der Waals surface area contributed by atoms with Crippen LogP contribution in [-0.2, 0) is 5.75 Å². The van der Waals surface area contributed by atoms with Crippen LogP contribution >= 0.6 is 39.0 Å². The lowest BCUT2D eigenvalue weighted by Crippen LogP contribution is -2.21. The first kappa shape index (κ1) is 17.6. The third-order valence-electron chi connectivity index (χ3n) is 2.91. The molecule has 0 bridgehead atoms. The molecule has 11 heteroatoms. The maximum Gasteiger partial charge on any atom is 0.405 e. The lowest BCUT2D eigenvalue weighted by atomic mass is 10.2. The van der Waals surface area contributed by atoms with E-state index in [-0.39, 0.29) is 5.13 Å². The zero-order valence-corrected chi connectivity index (χ0v) is 15.2. The molecule has 0 amide bonds. The van der Waals surface area contributed by atoms with Crippen LogP contribution in [0.1, 0.15) is 5.56 Å². The van der Waals surface area contributed by atoms with E-state index >= 15 is 0 Å². The molecule has 1 N–H and O–H groups in total. The van der Waals surface area contributed by atoms with Gasteiger partial charge in [0.2, 0.25) is 5.13 Å². The van der Waals surface area contributed by atoms with Crippen molar-refractivity contribution >= 4 is 44.2 Å². The molecule has 0 fully saturated rings. The smallest absolute Gasteiger partial charge is 0.405 e. The Morgan fingerprint density at radius 1 is 1.21 bits per heavy atom. The summed E-state index contributed by atoms with van der Waals surface area (Å²) in [6.07, 6.45) is -4.28. The zero-order chi connectivity index (χ0) is 17.2. The first-order valence-corrected chi connectivity index (χ1v) is 9.35. The van der Waals surface area contributed by atoms with E-state index in [4.69, 9.17) is 9.47 Å². The van der Waals surface area contributed by atoms with Gasteiger partial charge in [-0.15, -0.1) is 10.2 Å². The standard InChI is InChI=1S/C13H11BrF3N3O2S2/c14-8-4-10-9(21-1-2-22-10)3-7(8)5-23-12-20-19-11(24-12)18-6-13(15,16)17/h3-4H,1-2,5-6H2,(H,18,19). The Morgan fingerprint density at radius 2 is 1.92 bits per heavy atom. The summed E-state index contributed by atoms with van der Waals surface area (Å²) in [5.74, 6) is 1.95. The number of rotatable bonds is 5. The van der Waals surface area contributed by atoms with Gasteiger partial charge in [0, 0.05) is 10.2 Å². The largest absolute Gasteiger partial charge is 0.486 e. The van der Waals surface area contributed by atoms with Crippen LogP contribution in [0, 0.1) is 0 Å². The van der Waals surface area contributed by atoms with Crippen molar-refractivity contribution in [2.75, 3.05) is 25.1 Å². The van der Waals surface area contributed by atoms with Crippen molar-refractivity contribution in [3.63, 3.8) is 0 Å². The van der Waals surface area contributed by atoms with Gasteiger partial charge in [-0.2, -0.15) is 13.2 Å². The van der Waals surface area contributed by atoms with Gasteiger partial charge in [-0.1, -0.05) is 39.0 Å². The summed E-state index contributed by atoms with van der Waals surface area (Å²) in [5, 5.41) is 9.95. The molecule has 0 atom stereocenters. The second kappa shape index (κ2) is 7.36. The lowest BCUT2D eigenvalue weighted by molar-refractivity contribution is -0.115. The molecule has 0 unspecified atom stereocenters. The molecule has 1 aliphatic heterocycles. The lowest BCUT2D eigenvalue weighted by Gasteiger charge is -2.19. The molecule has 1 aliphatic rings. The van der Waals surface area contributed by atoms with Gasteiger partial charge in [-0.3, -0.25) is 0 Å². The number of anilines is 1. The van der Waals surface area contributed by atoms with E-state index in [0.29, 0.717) is 34.8 Å². The van der Waals surface area contributed by atoms with Crippen LogP contribution in [0.2, 0.25) is 0 Å². The van der Waals surface area contributed by atoms with Crippen molar-refractivity contribution in [3.8, 4) is 11.5 Å². The Kier molecular flexibility index (Phi) is 5.40. The van der Waals surface area contributed by atoms with Crippen LogP contribution in [0.4, 0.5) is 18.3 Å². The highest BCUT2D eigenvalue weighted by atomic mass is 79.9. The number of alkyl halides is 3. The molecule has 0 saturated carbocycles. The molecule has 1 aromatic carbocycles. The minimum atomic E-state index is -4.28. The van der Waals surface area contributed by atoms with Crippen molar-refractivity contribution in [1.82, 2.24) is 10.2 Å². The maximum absolute atomic E-state index is 12.2. The van der Waals surface area contributed by atoms with E-state index in [1.165, 1.54) is 11.8 Å². The third kappa shape index (κ3) is 4.67. The number of aromatic nitrogens is 2. The predicted octanol–water partition coefficient (Wildman–Crippen LogP) is 4.34. The predicted molar refractivity (Wildman–Crippen MR) is 89.1 cm³/mol. The number of hydrogen-bond acceptors (Lipinski definition) is 7. The summed E-state index contributed by atoms with van der Waals surface area (Å²) in [6, 6.07) is 3.73. The summed E-state index contributed by atoms with van der Waals surface area (Å²) >= 11 is 5.96. The number of benzene rings is 1. The SMILES string of the molecule is FC(F)(F)CNc1nnc(SCc2cc3c(cc2Br)OCCO3)s1. The molecule has 2 aromatic rings. The molecule has 0 aliphatic carbocycles. The van der Waals surface area contributed by atoms with Crippen LogP contribution in [0.3, 0.4) is 0 Å². The number of ether oxygens (including phenoxy) is 2. The van der Waals surface area contributed by atoms with Crippen LogP contribution in [0.15, 0.2) is 20.9 Å². The van der Waals surface area contributed by atoms with Gasteiger partial charge in [-0.25, -0.2) is 0 Å². The summed E-state index contributed by atoms with van der Waals surface area (Å²) < 4.78 is 49.0. The third-order valence-corrected chi connectivity index (χ3v) is 5.71. The molecule has 24 heavy (non-hydrogen) atoms. The number of hydrogen-bond donors (Lipinski definition) is 1.